The lowest BCUT2D eigenvalue weighted by Crippen LogP contribution is -2.53. The van der Waals surface area contributed by atoms with Crippen molar-refractivity contribution in [3.05, 3.63) is 87.8 Å². The highest BCUT2D eigenvalue weighted by atomic mass is 35.5. The number of amides is 1. The number of benzene rings is 2. The van der Waals surface area contributed by atoms with E-state index in [-0.39, 0.29) is 28.7 Å². The third kappa shape index (κ3) is 6.16. The maximum atomic E-state index is 13.5. The number of aliphatic hydroxyl groups is 1. The molecule has 2 bridgehead atoms. The first-order valence-electron chi connectivity index (χ1n) is 17.0. The van der Waals surface area contributed by atoms with E-state index in [4.69, 9.17) is 20.9 Å². The number of hydrogen-bond acceptors (Lipinski definition) is 8. The fourth-order valence-corrected chi connectivity index (χ4v) is 9.83. The largest absolute Gasteiger partial charge is 0.490 e. The standard InChI is InChI=1S/C37H44ClN3O6S/c1-23-6-4-15-37(43,19-30-16-24(2)47-39-30)32-11-8-28(32)20-41-21-36(14-5-7-26-17-29(38)10-12-31(26)36)22-46-34-13-9-27(18-33(34)41)35(42)40-48(44,45)25(23)3/h4,9-10,12-13,15-18,23,25,28,32,43H,5-8,11,14,19-22H2,1-3H3,(H,40,42)/b15-4+/t23-,25+,28-,32+,36-,37-/m0/s1. The van der Waals surface area contributed by atoms with E-state index in [1.54, 1.807) is 25.1 Å². The summed E-state index contributed by atoms with van der Waals surface area (Å²) < 4.78 is 41.1. The highest BCUT2D eigenvalue weighted by Gasteiger charge is 2.48. The number of nitrogens with zero attached hydrogens (tertiary/aromatic N) is 2. The van der Waals surface area contributed by atoms with Gasteiger partial charge in [-0.15, -0.1) is 0 Å². The molecule has 2 aliphatic heterocycles. The molecule has 0 radical (unpaired) electrons. The van der Waals surface area contributed by atoms with Crippen molar-refractivity contribution in [2.75, 3.05) is 24.6 Å². The normalized spacial score (nSPS) is 32.2. The van der Waals surface area contributed by atoms with Crippen molar-refractivity contribution >= 4 is 33.2 Å². The van der Waals surface area contributed by atoms with Crippen LogP contribution in [0.3, 0.4) is 0 Å². The summed E-state index contributed by atoms with van der Waals surface area (Å²) in [6, 6.07) is 13.2. The van der Waals surface area contributed by atoms with Crippen molar-refractivity contribution in [1.82, 2.24) is 9.88 Å². The van der Waals surface area contributed by atoms with Crippen molar-refractivity contribution < 1.29 is 27.6 Å². The number of fused-ring (bicyclic) bond motifs is 4. The lowest BCUT2D eigenvalue weighted by Gasteiger charge is -2.49. The lowest BCUT2D eigenvalue weighted by molar-refractivity contribution is -0.0456. The summed E-state index contributed by atoms with van der Waals surface area (Å²) in [4.78, 5) is 15.8. The Morgan fingerprint density at radius 3 is 2.73 bits per heavy atom. The molecule has 4 aliphatic rings. The van der Waals surface area contributed by atoms with Crippen LogP contribution in [0.15, 0.2) is 59.1 Å². The number of sulfonamides is 1. The number of halogens is 1. The number of aromatic nitrogens is 1. The lowest BCUT2D eigenvalue weighted by atomic mass is 9.62. The molecule has 3 aromatic rings. The Morgan fingerprint density at radius 2 is 1.98 bits per heavy atom. The van der Waals surface area contributed by atoms with Gasteiger partial charge in [-0.1, -0.05) is 41.9 Å². The second-order valence-corrected chi connectivity index (χ2v) is 17.1. The Labute approximate surface area is 287 Å². The molecule has 11 heteroatoms. The van der Waals surface area contributed by atoms with Gasteiger partial charge in [0.2, 0.25) is 10.0 Å². The first-order chi connectivity index (χ1) is 22.9. The van der Waals surface area contributed by atoms with Crippen molar-refractivity contribution in [2.24, 2.45) is 17.8 Å². The molecule has 2 N–H and O–H groups in total. The molecular formula is C37H44ClN3O6S. The number of carbonyl (C=O) groups is 1. The molecule has 1 amide bonds. The van der Waals surface area contributed by atoms with Crippen molar-refractivity contribution in [3.63, 3.8) is 0 Å². The van der Waals surface area contributed by atoms with Crippen LogP contribution in [0, 0.1) is 24.7 Å². The Kier molecular flexibility index (Phi) is 8.65. The highest BCUT2D eigenvalue weighted by molar-refractivity contribution is 7.90. The van der Waals surface area contributed by atoms with Crippen molar-refractivity contribution in [2.45, 2.75) is 82.0 Å². The van der Waals surface area contributed by atoms with E-state index in [2.05, 4.69) is 26.9 Å². The van der Waals surface area contributed by atoms with Gasteiger partial charge in [-0.05, 0) is 112 Å². The Hall–Kier alpha value is -3.34. The number of ether oxygens (including phenoxy) is 1. The molecule has 1 saturated carbocycles. The SMILES string of the molecule is Cc1cc(C[C@@]2(O)/C=C/C[C@H](C)[C@@H](C)S(=O)(=O)NC(=O)c3ccc4c(c3)N(C[C@@H]3CC[C@H]32)C[C@@]2(CCCc3cc(Cl)ccc32)CO4)no1. The van der Waals surface area contributed by atoms with Gasteiger partial charge in [0.25, 0.3) is 5.91 Å². The summed E-state index contributed by atoms with van der Waals surface area (Å²) in [7, 11) is -3.99. The van der Waals surface area contributed by atoms with Gasteiger partial charge in [-0.3, -0.25) is 4.79 Å². The van der Waals surface area contributed by atoms with E-state index >= 15 is 0 Å². The first-order valence-corrected chi connectivity index (χ1v) is 19.0. The number of carbonyl (C=O) groups excluding carboxylic acids is 1. The van der Waals surface area contributed by atoms with Gasteiger partial charge < -0.3 is 19.3 Å². The zero-order valence-electron chi connectivity index (χ0n) is 27.7. The van der Waals surface area contributed by atoms with E-state index in [9.17, 15) is 18.3 Å². The van der Waals surface area contributed by atoms with E-state index in [1.165, 1.54) is 11.1 Å². The van der Waals surface area contributed by atoms with Gasteiger partial charge in [0.1, 0.15) is 11.5 Å². The maximum absolute atomic E-state index is 13.5. The summed E-state index contributed by atoms with van der Waals surface area (Å²) >= 11 is 6.44. The molecular weight excluding hydrogens is 650 g/mol. The zero-order valence-corrected chi connectivity index (χ0v) is 29.3. The number of anilines is 1. The molecule has 0 saturated heterocycles. The van der Waals surface area contributed by atoms with Gasteiger partial charge >= 0.3 is 0 Å². The maximum Gasteiger partial charge on any atom is 0.264 e. The third-order valence-corrected chi connectivity index (χ3v) is 13.5. The number of nitrogens with one attached hydrogen (secondary N) is 1. The van der Waals surface area contributed by atoms with Gasteiger partial charge in [0.15, 0.2) is 0 Å². The highest BCUT2D eigenvalue weighted by Crippen LogP contribution is 2.49. The molecule has 9 nitrogen and oxygen atoms in total. The predicted molar refractivity (Wildman–Crippen MR) is 185 cm³/mol. The zero-order chi connectivity index (χ0) is 33.8. The van der Waals surface area contributed by atoms with Crippen LogP contribution in [0.5, 0.6) is 5.75 Å². The van der Waals surface area contributed by atoms with Crippen LogP contribution < -0.4 is 14.4 Å². The molecule has 3 heterocycles. The van der Waals surface area contributed by atoms with E-state index in [0.717, 1.165) is 42.8 Å². The molecule has 1 fully saturated rings. The van der Waals surface area contributed by atoms with Gasteiger partial charge in [-0.2, -0.15) is 0 Å². The summed E-state index contributed by atoms with van der Waals surface area (Å²) in [5.41, 5.74) is 2.63. The summed E-state index contributed by atoms with van der Waals surface area (Å²) in [5, 5.41) is 16.5. The van der Waals surface area contributed by atoms with Crippen LogP contribution in [-0.2, 0) is 28.3 Å². The van der Waals surface area contributed by atoms with Crippen molar-refractivity contribution in [1.29, 1.82) is 0 Å². The average molecular weight is 694 g/mol. The second kappa shape index (κ2) is 12.5. The quantitative estimate of drug-likeness (QED) is 0.307. The minimum atomic E-state index is -3.99. The van der Waals surface area contributed by atoms with Crippen molar-refractivity contribution in [3.8, 4) is 5.75 Å². The Balaban J connectivity index is 1.32. The molecule has 256 valence electrons. The Bertz CT molecular complexity index is 1860. The first kappa shape index (κ1) is 33.2. The molecule has 48 heavy (non-hydrogen) atoms. The van der Waals surface area contributed by atoms with Crippen LogP contribution in [0.4, 0.5) is 5.69 Å². The smallest absolute Gasteiger partial charge is 0.264 e. The molecule has 0 unspecified atom stereocenters. The van der Waals surface area contributed by atoms with Gasteiger partial charge in [-0.25, -0.2) is 13.1 Å². The summed E-state index contributed by atoms with van der Waals surface area (Å²) in [5.74, 6) is 0.445. The minimum Gasteiger partial charge on any atom is -0.490 e. The second-order valence-electron chi connectivity index (χ2n) is 14.6. The van der Waals surface area contributed by atoms with Gasteiger partial charge in [0.05, 0.1) is 28.8 Å². The van der Waals surface area contributed by atoms with E-state index < -0.39 is 26.8 Å². The molecule has 2 aliphatic carbocycles. The van der Waals surface area contributed by atoms with Crippen LogP contribution in [0.2, 0.25) is 5.02 Å². The number of aryl methyl sites for hydroxylation is 2. The van der Waals surface area contributed by atoms with Crippen LogP contribution in [-0.4, -0.2) is 55.1 Å². The fraction of sp³-hybridized carbons (Fsp3) is 0.514. The minimum absolute atomic E-state index is 0.0670. The number of allylic oxidation sites excluding steroid dienone is 1. The summed E-state index contributed by atoms with van der Waals surface area (Å²) in [6.45, 7) is 7.05. The molecule has 6 atom stereocenters. The predicted octanol–water partition coefficient (Wildman–Crippen LogP) is 6.15. The summed E-state index contributed by atoms with van der Waals surface area (Å²) in [6.07, 6.45) is 9.12. The van der Waals surface area contributed by atoms with Crippen LogP contribution in [0.25, 0.3) is 0 Å². The molecule has 1 spiro atoms. The van der Waals surface area contributed by atoms with E-state index in [1.807, 2.05) is 38.1 Å². The van der Waals surface area contributed by atoms with E-state index in [0.29, 0.717) is 49.7 Å². The molecule has 7 rings (SSSR count). The molecule has 2 aromatic carbocycles. The average Bonchev–Trinajstić information content (AvgIpc) is 3.36. The van der Waals surface area contributed by atoms with Crippen LogP contribution >= 0.6 is 11.6 Å². The number of rotatable bonds is 2. The topological polar surface area (TPSA) is 122 Å². The Morgan fingerprint density at radius 1 is 1.15 bits per heavy atom. The number of hydrogen-bond donors (Lipinski definition) is 2. The monoisotopic (exact) mass is 693 g/mol. The molecule has 1 aromatic heterocycles. The fourth-order valence-electron chi connectivity index (χ4n) is 8.35. The third-order valence-electron chi connectivity index (χ3n) is 11.4. The van der Waals surface area contributed by atoms with Gasteiger partial charge in [0, 0.05) is 41.6 Å². The van der Waals surface area contributed by atoms with Crippen LogP contribution in [0.1, 0.15) is 78.9 Å².